The Morgan fingerprint density at radius 3 is 2.60 bits per heavy atom. The molecule has 0 saturated carbocycles. The van der Waals surface area contributed by atoms with E-state index in [2.05, 4.69) is 15.1 Å². The number of amides is 1. The van der Waals surface area contributed by atoms with Gasteiger partial charge >= 0.3 is 0 Å². The Kier molecular flexibility index (Phi) is 8.12. The van der Waals surface area contributed by atoms with Crippen molar-refractivity contribution in [2.45, 2.75) is 37.5 Å². The van der Waals surface area contributed by atoms with Crippen molar-refractivity contribution in [3.63, 3.8) is 0 Å². The minimum absolute atomic E-state index is 0.000871. The number of fused-ring (bicyclic) bond motifs is 1. The molecule has 1 amide bonds. The van der Waals surface area contributed by atoms with E-state index in [4.69, 9.17) is 21.1 Å². The van der Waals surface area contributed by atoms with Crippen LogP contribution >= 0.6 is 11.6 Å². The number of likely N-dealkylation sites (tertiary alicyclic amines) is 1. The summed E-state index contributed by atoms with van der Waals surface area (Å²) < 4.78 is 24.6. The number of anilines is 1. The molecule has 3 aliphatic heterocycles. The molecule has 2 N–H and O–H groups in total. The van der Waals surface area contributed by atoms with Gasteiger partial charge in [-0.25, -0.2) is 4.39 Å². The Balaban J connectivity index is 1.13. The smallest absolute Gasteiger partial charge is 0.225 e. The molecule has 0 radical (unpaired) electrons. The van der Waals surface area contributed by atoms with E-state index in [9.17, 15) is 14.3 Å². The van der Waals surface area contributed by atoms with Crippen molar-refractivity contribution in [2.75, 3.05) is 50.8 Å². The van der Waals surface area contributed by atoms with Gasteiger partial charge in [-0.1, -0.05) is 29.8 Å². The first kappa shape index (κ1) is 27.3. The van der Waals surface area contributed by atoms with E-state index in [1.165, 1.54) is 12.1 Å². The van der Waals surface area contributed by atoms with Gasteiger partial charge in [0.25, 0.3) is 0 Å². The van der Waals surface area contributed by atoms with Crippen LogP contribution in [0.2, 0.25) is 5.02 Å². The lowest BCUT2D eigenvalue weighted by molar-refractivity contribution is -0.126. The molecule has 3 saturated heterocycles. The van der Waals surface area contributed by atoms with Crippen LogP contribution in [0.5, 0.6) is 5.75 Å². The maximum Gasteiger partial charge on any atom is 0.225 e. The van der Waals surface area contributed by atoms with Crippen LogP contribution in [0.1, 0.15) is 30.9 Å². The summed E-state index contributed by atoms with van der Waals surface area (Å²) in [7, 11) is 0. The van der Waals surface area contributed by atoms with Crippen LogP contribution in [0.15, 0.2) is 54.6 Å². The normalized spacial score (nSPS) is 21.4. The van der Waals surface area contributed by atoms with Gasteiger partial charge in [-0.15, -0.1) is 0 Å². The van der Waals surface area contributed by atoms with Gasteiger partial charge in [-0.3, -0.25) is 4.79 Å². The Morgan fingerprint density at radius 2 is 1.85 bits per heavy atom. The second-order valence-electron chi connectivity index (χ2n) is 11.1. The van der Waals surface area contributed by atoms with Gasteiger partial charge in [0.15, 0.2) is 0 Å². The molecule has 6 rings (SSSR count). The molecule has 3 aromatic rings. The number of hydrogen-bond acceptors (Lipinski definition) is 6. The fourth-order valence-corrected chi connectivity index (χ4v) is 6.10. The first-order valence-corrected chi connectivity index (χ1v) is 14.5. The number of nitrogens with zero attached hydrogens (tertiary/aromatic N) is 2. The molecule has 0 spiro atoms. The number of hydrogen-bond donors (Lipinski definition) is 2. The second kappa shape index (κ2) is 11.9. The van der Waals surface area contributed by atoms with E-state index >= 15 is 0 Å². The lowest BCUT2D eigenvalue weighted by Crippen LogP contribution is -2.48. The lowest BCUT2D eigenvalue weighted by Gasteiger charge is -2.30. The summed E-state index contributed by atoms with van der Waals surface area (Å²) in [5.41, 5.74) is 1.67. The summed E-state index contributed by atoms with van der Waals surface area (Å²) >= 11 is 6.50. The predicted molar refractivity (Wildman–Crippen MR) is 153 cm³/mol. The minimum Gasteiger partial charge on any atom is -0.484 e. The molecule has 3 heterocycles. The van der Waals surface area contributed by atoms with Crippen LogP contribution in [0.25, 0.3) is 10.8 Å². The largest absolute Gasteiger partial charge is 0.484 e. The number of carbonyl (C=O) groups is 1. The third-order valence-corrected chi connectivity index (χ3v) is 8.57. The first-order valence-electron chi connectivity index (χ1n) is 14.1. The molecule has 0 aliphatic carbocycles. The zero-order valence-electron chi connectivity index (χ0n) is 22.4. The fraction of sp³-hybridized carbons (Fsp3) is 0.452. The Labute approximate surface area is 238 Å². The average Bonchev–Trinajstić information content (AvgIpc) is 3.63. The minimum atomic E-state index is -0.915. The highest BCUT2D eigenvalue weighted by molar-refractivity contribution is 6.32. The van der Waals surface area contributed by atoms with Crippen LogP contribution in [-0.4, -0.2) is 74.0 Å². The molecular formula is C31H35ClFN3O4. The summed E-state index contributed by atoms with van der Waals surface area (Å²) in [6.45, 7) is 4.92. The molecule has 3 unspecified atom stereocenters. The van der Waals surface area contributed by atoms with Crippen molar-refractivity contribution in [2.24, 2.45) is 5.92 Å². The van der Waals surface area contributed by atoms with Gasteiger partial charge in [0.1, 0.15) is 23.8 Å². The maximum absolute atomic E-state index is 13.6. The maximum atomic E-state index is 13.6. The van der Waals surface area contributed by atoms with Gasteiger partial charge in [-0.05, 0) is 85.1 Å². The molecular weight excluding hydrogens is 533 g/mol. The molecule has 9 heteroatoms. The fourth-order valence-electron chi connectivity index (χ4n) is 5.87. The number of ether oxygens (including phenoxy) is 2. The number of nitrogens with one attached hydrogen (secondary N) is 1. The summed E-state index contributed by atoms with van der Waals surface area (Å²) in [5.74, 6) is 0.0703. The Morgan fingerprint density at radius 1 is 1.07 bits per heavy atom. The molecule has 3 aromatic carbocycles. The third-order valence-electron chi connectivity index (χ3n) is 8.27. The number of aliphatic hydroxyl groups excluding tert-OH is 1. The summed E-state index contributed by atoms with van der Waals surface area (Å²) in [4.78, 5) is 18.0. The molecule has 0 bridgehead atoms. The van der Waals surface area contributed by atoms with Gasteiger partial charge in [0, 0.05) is 25.3 Å². The van der Waals surface area contributed by atoms with Crippen molar-refractivity contribution in [3.8, 4) is 5.75 Å². The third kappa shape index (κ3) is 6.05. The first-order chi connectivity index (χ1) is 19.4. The Hall–Kier alpha value is -2.91. The standard InChI is InChI=1S/C31H35ClFN3O4/c32-27-15-22(5-8-29(27)40-26-18-39-19-26)30(37)28(17-35-10-1-2-11-35)34-31(38)23-9-12-36(16-23)25-7-4-20-13-24(33)6-3-21(20)14-25/h3-8,13-15,23,26,28,30,37H,1-2,9-12,16-19H2,(H,34,38). The van der Waals surface area contributed by atoms with E-state index in [0.29, 0.717) is 42.6 Å². The molecule has 0 aromatic heterocycles. The van der Waals surface area contributed by atoms with E-state index in [1.54, 1.807) is 18.2 Å². The van der Waals surface area contributed by atoms with E-state index in [1.807, 2.05) is 24.3 Å². The van der Waals surface area contributed by atoms with E-state index in [-0.39, 0.29) is 23.7 Å². The number of aliphatic hydroxyl groups is 1. The number of benzene rings is 3. The summed E-state index contributed by atoms with van der Waals surface area (Å²) in [6, 6.07) is 15.6. The zero-order valence-corrected chi connectivity index (χ0v) is 23.2. The molecule has 3 aliphatic rings. The Bertz CT molecular complexity index is 1360. The van der Waals surface area contributed by atoms with Crippen LogP contribution < -0.4 is 15.0 Å². The van der Waals surface area contributed by atoms with Crippen molar-refractivity contribution in [3.05, 3.63) is 71.0 Å². The van der Waals surface area contributed by atoms with Crippen molar-refractivity contribution >= 4 is 34.0 Å². The van der Waals surface area contributed by atoms with Crippen molar-refractivity contribution in [1.82, 2.24) is 10.2 Å². The average molecular weight is 568 g/mol. The highest BCUT2D eigenvalue weighted by atomic mass is 35.5. The monoisotopic (exact) mass is 567 g/mol. The predicted octanol–water partition coefficient (Wildman–Crippen LogP) is 4.55. The lowest BCUT2D eigenvalue weighted by atomic mass is 10.00. The number of carbonyl (C=O) groups excluding carboxylic acids is 1. The topological polar surface area (TPSA) is 74.3 Å². The van der Waals surface area contributed by atoms with Gasteiger partial charge in [-0.2, -0.15) is 0 Å². The molecule has 212 valence electrons. The molecule has 7 nitrogen and oxygen atoms in total. The van der Waals surface area contributed by atoms with Gasteiger partial charge < -0.3 is 29.7 Å². The van der Waals surface area contributed by atoms with Crippen LogP contribution in [-0.2, 0) is 9.53 Å². The van der Waals surface area contributed by atoms with Crippen molar-refractivity contribution < 1.29 is 23.8 Å². The zero-order chi connectivity index (χ0) is 27.6. The second-order valence-corrected chi connectivity index (χ2v) is 11.5. The van der Waals surface area contributed by atoms with Crippen LogP contribution in [0.4, 0.5) is 10.1 Å². The van der Waals surface area contributed by atoms with Crippen LogP contribution in [0, 0.1) is 11.7 Å². The van der Waals surface area contributed by atoms with E-state index < -0.39 is 12.1 Å². The highest BCUT2D eigenvalue weighted by Gasteiger charge is 2.33. The van der Waals surface area contributed by atoms with Crippen molar-refractivity contribution in [1.29, 1.82) is 0 Å². The molecule has 3 atom stereocenters. The molecule has 40 heavy (non-hydrogen) atoms. The summed E-state index contributed by atoms with van der Waals surface area (Å²) in [5, 5.41) is 16.9. The molecule has 3 fully saturated rings. The summed E-state index contributed by atoms with van der Waals surface area (Å²) in [6.07, 6.45) is 2.05. The number of rotatable bonds is 9. The number of halogens is 2. The highest BCUT2D eigenvalue weighted by Crippen LogP contribution is 2.32. The SMILES string of the molecule is O=C(NC(CN1CCCC1)C(O)c1ccc(OC2COC2)c(Cl)c1)C1CCN(c2ccc3cc(F)ccc3c2)C1. The van der Waals surface area contributed by atoms with Gasteiger partial charge in [0.05, 0.1) is 30.2 Å². The van der Waals surface area contributed by atoms with E-state index in [0.717, 1.165) is 55.4 Å². The van der Waals surface area contributed by atoms with Gasteiger partial charge in [0.2, 0.25) is 5.91 Å². The van der Waals surface area contributed by atoms with Crippen LogP contribution in [0.3, 0.4) is 0 Å². The quantitative estimate of drug-likeness (QED) is 0.395.